The molecule has 1 aliphatic carbocycles. The molecule has 0 heterocycles. The van der Waals surface area contributed by atoms with E-state index in [-0.39, 0.29) is 23.4 Å². The second-order valence-electron chi connectivity index (χ2n) is 8.21. The van der Waals surface area contributed by atoms with E-state index in [4.69, 9.17) is 21.1 Å². The Bertz CT molecular complexity index is 551. The molecule has 1 aromatic rings. The van der Waals surface area contributed by atoms with E-state index in [1.165, 1.54) is 6.42 Å². The maximum Gasteiger partial charge on any atom is 0.347 e. The summed E-state index contributed by atoms with van der Waals surface area (Å²) in [6, 6.07) is 7.06. The van der Waals surface area contributed by atoms with Crippen LogP contribution in [0, 0.1) is 17.3 Å². The van der Waals surface area contributed by atoms with E-state index >= 15 is 0 Å². The lowest BCUT2D eigenvalue weighted by Crippen LogP contribution is -2.40. The Morgan fingerprint density at radius 2 is 1.83 bits per heavy atom. The Kier molecular flexibility index (Phi) is 6.19. The first kappa shape index (κ1) is 19.1. The lowest BCUT2D eigenvalue weighted by molar-refractivity contribution is -0.164. The topological polar surface area (TPSA) is 35.5 Å². The van der Waals surface area contributed by atoms with Crippen LogP contribution in [0.4, 0.5) is 0 Å². The molecular formula is C20H29ClO3. The van der Waals surface area contributed by atoms with Crippen molar-refractivity contribution in [3.05, 3.63) is 29.3 Å². The number of halogens is 1. The summed E-state index contributed by atoms with van der Waals surface area (Å²) in [5.41, 5.74) is 0.215. The summed E-state index contributed by atoms with van der Waals surface area (Å²) in [6.45, 7) is 10.7. The minimum Gasteiger partial charge on any atom is -0.478 e. The molecule has 2 rings (SSSR count). The first-order valence-corrected chi connectivity index (χ1v) is 9.17. The molecule has 0 radical (unpaired) electrons. The summed E-state index contributed by atoms with van der Waals surface area (Å²) in [5, 5.41) is 0.643. The molecule has 3 nitrogen and oxygen atoms in total. The van der Waals surface area contributed by atoms with Gasteiger partial charge in [-0.25, -0.2) is 4.79 Å². The van der Waals surface area contributed by atoms with Crippen LogP contribution in [0.1, 0.15) is 53.9 Å². The van der Waals surface area contributed by atoms with Gasteiger partial charge in [-0.3, -0.25) is 0 Å². The molecule has 1 saturated carbocycles. The molecular weight excluding hydrogens is 324 g/mol. The molecule has 0 saturated heterocycles. The highest BCUT2D eigenvalue weighted by Gasteiger charge is 2.36. The summed E-state index contributed by atoms with van der Waals surface area (Å²) in [4.78, 5) is 12.7. The van der Waals surface area contributed by atoms with Crippen LogP contribution in [0.5, 0.6) is 5.75 Å². The van der Waals surface area contributed by atoms with Gasteiger partial charge in [0.25, 0.3) is 0 Å². The number of carbonyl (C=O) groups excluding carboxylic acids is 1. The number of benzene rings is 1. The largest absolute Gasteiger partial charge is 0.478 e. The van der Waals surface area contributed by atoms with Gasteiger partial charge in [0.2, 0.25) is 0 Å². The van der Waals surface area contributed by atoms with Gasteiger partial charge in [-0.15, -0.1) is 0 Å². The van der Waals surface area contributed by atoms with Crippen LogP contribution in [0.2, 0.25) is 5.02 Å². The van der Waals surface area contributed by atoms with Gasteiger partial charge in [-0.2, -0.15) is 0 Å². The number of ether oxygens (including phenoxy) is 2. The minimum absolute atomic E-state index is 0.0219. The van der Waals surface area contributed by atoms with Gasteiger partial charge in [0.1, 0.15) is 11.9 Å². The SMILES string of the molecule is CC1CC(OC(=O)C(Oc2ccc(Cl)cc2)C(C)C)CC(C)(C)C1. The molecule has 0 amide bonds. The van der Waals surface area contributed by atoms with Crippen LogP contribution in [-0.4, -0.2) is 18.2 Å². The average Bonchev–Trinajstić information content (AvgIpc) is 2.43. The first-order chi connectivity index (χ1) is 11.2. The summed E-state index contributed by atoms with van der Waals surface area (Å²) >= 11 is 5.90. The van der Waals surface area contributed by atoms with E-state index in [1.54, 1.807) is 24.3 Å². The van der Waals surface area contributed by atoms with E-state index in [0.717, 1.165) is 12.8 Å². The smallest absolute Gasteiger partial charge is 0.347 e. The lowest BCUT2D eigenvalue weighted by atomic mass is 9.71. The third kappa shape index (κ3) is 5.41. The number of rotatable bonds is 5. The van der Waals surface area contributed by atoms with Crippen molar-refractivity contribution in [3.63, 3.8) is 0 Å². The fraction of sp³-hybridized carbons (Fsp3) is 0.650. The van der Waals surface area contributed by atoms with Gasteiger partial charge >= 0.3 is 5.97 Å². The molecule has 0 aromatic heterocycles. The van der Waals surface area contributed by atoms with E-state index < -0.39 is 6.10 Å². The zero-order chi connectivity index (χ0) is 17.9. The molecule has 3 unspecified atom stereocenters. The fourth-order valence-electron chi connectivity index (χ4n) is 3.70. The predicted molar refractivity (Wildman–Crippen MR) is 97.4 cm³/mol. The van der Waals surface area contributed by atoms with E-state index in [2.05, 4.69) is 20.8 Å². The number of carbonyl (C=O) groups is 1. The van der Waals surface area contributed by atoms with E-state index in [9.17, 15) is 4.79 Å². The van der Waals surface area contributed by atoms with E-state index in [1.807, 2.05) is 13.8 Å². The van der Waals surface area contributed by atoms with Crippen LogP contribution < -0.4 is 4.74 Å². The Hall–Kier alpha value is -1.22. The van der Waals surface area contributed by atoms with Gasteiger partial charge in [0.15, 0.2) is 6.10 Å². The third-order valence-electron chi connectivity index (χ3n) is 4.54. The van der Waals surface area contributed by atoms with Gasteiger partial charge in [0.05, 0.1) is 0 Å². The van der Waals surface area contributed by atoms with Crippen LogP contribution >= 0.6 is 11.6 Å². The Morgan fingerprint density at radius 3 is 2.38 bits per heavy atom. The maximum atomic E-state index is 12.7. The molecule has 1 aromatic carbocycles. The van der Waals surface area contributed by atoms with Crippen LogP contribution in [0.25, 0.3) is 0 Å². The van der Waals surface area contributed by atoms with Gasteiger partial charge in [-0.1, -0.05) is 46.2 Å². The number of hydrogen-bond acceptors (Lipinski definition) is 3. The highest BCUT2D eigenvalue weighted by atomic mass is 35.5. The normalized spacial score (nSPS) is 24.5. The number of hydrogen-bond donors (Lipinski definition) is 0. The van der Waals surface area contributed by atoms with Crippen molar-refractivity contribution in [2.24, 2.45) is 17.3 Å². The molecule has 24 heavy (non-hydrogen) atoms. The second-order valence-corrected chi connectivity index (χ2v) is 8.65. The Morgan fingerprint density at radius 1 is 1.21 bits per heavy atom. The summed E-state index contributed by atoms with van der Waals surface area (Å²) in [7, 11) is 0. The van der Waals surface area contributed by atoms with Crippen LogP contribution in [-0.2, 0) is 9.53 Å². The summed E-state index contributed by atoms with van der Waals surface area (Å²) in [6.07, 6.45) is 2.39. The predicted octanol–water partition coefficient (Wildman–Crippen LogP) is 5.50. The second kappa shape index (κ2) is 7.77. The third-order valence-corrected chi connectivity index (χ3v) is 4.80. The van der Waals surface area contributed by atoms with Crippen molar-refractivity contribution < 1.29 is 14.3 Å². The lowest BCUT2D eigenvalue weighted by Gasteiger charge is -2.39. The Balaban J connectivity index is 2.02. The van der Waals surface area contributed by atoms with Crippen molar-refractivity contribution in [1.82, 2.24) is 0 Å². The average molecular weight is 353 g/mol. The molecule has 1 fully saturated rings. The molecule has 0 spiro atoms. The molecule has 134 valence electrons. The number of esters is 1. The quantitative estimate of drug-likeness (QED) is 0.656. The van der Waals surface area contributed by atoms with Gasteiger partial charge in [-0.05, 0) is 54.9 Å². The molecule has 4 heteroatoms. The monoisotopic (exact) mass is 352 g/mol. The standard InChI is InChI=1S/C20H29ClO3/c1-13(2)18(23-16-8-6-15(21)7-9-16)19(22)24-17-10-14(3)11-20(4,5)12-17/h6-9,13-14,17-18H,10-12H2,1-5H3. The van der Waals surface area contributed by atoms with Crippen molar-refractivity contribution in [2.45, 2.75) is 66.1 Å². The van der Waals surface area contributed by atoms with Crippen molar-refractivity contribution >= 4 is 17.6 Å². The van der Waals surface area contributed by atoms with Crippen molar-refractivity contribution in [2.75, 3.05) is 0 Å². The fourth-order valence-corrected chi connectivity index (χ4v) is 3.82. The first-order valence-electron chi connectivity index (χ1n) is 8.79. The maximum absolute atomic E-state index is 12.7. The summed E-state index contributed by atoms with van der Waals surface area (Å²) in [5.74, 6) is 0.964. The van der Waals surface area contributed by atoms with Crippen LogP contribution in [0.3, 0.4) is 0 Å². The Labute approximate surface area is 150 Å². The highest BCUT2D eigenvalue weighted by Crippen LogP contribution is 2.40. The van der Waals surface area contributed by atoms with E-state index in [0.29, 0.717) is 16.7 Å². The highest BCUT2D eigenvalue weighted by molar-refractivity contribution is 6.30. The zero-order valence-corrected chi connectivity index (χ0v) is 16.1. The molecule has 0 bridgehead atoms. The van der Waals surface area contributed by atoms with Crippen LogP contribution in [0.15, 0.2) is 24.3 Å². The van der Waals surface area contributed by atoms with Crippen molar-refractivity contribution in [3.8, 4) is 5.75 Å². The molecule has 3 atom stereocenters. The molecule has 1 aliphatic rings. The minimum atomic E-state index is -0.605. The zero-order valence-electron chi connectivity index (χ0n) is 15.3. The van der Waals surface area contributed by atoms with Gasteiger partial charge < -0.3 is 9.47 Å². The molecule has 0 aliphatic heterocycles. The summed E-state index contributed by atoms with van der Waals surface area (Å²) < 4.78 is 11.7. The van der Waals surface area contributed by atoms with Crippen molar-refractivity contribution in [1.29, 1.82) is 0 Å². The molecule has 0 N–H and O–H groups in total. The van der Waals surface area contributed by atoms with Gasteiger partial charge in [0, 0.05) is 10.9 Å².